The van der Waals surface area contributed by atoms with Crippen LogP contribution in [-0.4, -0.2) is 55.4 Å². The fraction of sp³-hybridized carbons (Fsp3) is 0.588. The predicted molar refractivity (Wildman–Crippen MR) is 93.2 cm³/mol. The third-order valence-electron chi connectivity index (χ3n) is 4.60. The van der Waals surface area contributed by atoms with Crippen molar-refractivity contribution in [3.8, 4) is 6.07 Å². The highest BCUT2D eigenvalue weighted by molar-refractivity contribution is 7.99. The first kappa shape index (κ1) is 17.1. The molecule has 0 amide bonds. The molecule has 24 heavy (non-hydrogen) atoms. The van der Waals surface area contributed by atoms with Crippen LogP contribution in [0.25, 0.3) is 0 Å². The topological polar surface area (TPSA) is 69.5 Å². The van der Waals surface area contributed by atoms with E-state index >= 15 is 0 Å². The molecule has 0 N–H and O–H groups in total. The molecule has 128 valence electrons. The van der Waals surface area contributed by atoms with Gasteiger partial charge >= 0.3 is 5.97 Å². The lowest BCUT2D eigenvalue weighted by atomic mass is 9.96. The normalized spacial score (nSPS) is 17.5. The minimum absolute atomic E-state index is 0.177. The number of esters is 1. The molecule has 0 unspecified atom stereocenters. The molecule has 1 saturated heterocycles. The molecule has 1 aromatic rings. The Morgan fingerprint density at radius 1 is 1.33 bits per heavy atom. The number of carbonyl (C=O) groups excluding carboxylic acids is 1. The number of pyridine rings is 1. The minimum Gasteiger partial charge on any atom is -0.468 e. The van der Waals surface area contributed by atoms with Gasteiger partial charge in [0.05, 0.1) is 18.4 Å². The Morgan fingerprint density at radius 2 is 2.08 bits per heavy atom. The average Bonchev–Trinajstić information content (AvgIpc) is 3.12. The zero-order chi connectivity index (χ0) is 17.1. The van der Waals surface area contributed by atoms with Crippen molar-refractivity contribution in [3.63, 3.8) is 0 Å². The van der Waals surface area contributed by atoms with Gasteiger partial charge in [-0.05, 0) is 31.9 Å². The van der Waals surface area contributed by atoms with E-state index in [0.29, 0.717) is 10.6 Å². The van der Waals surface area contributed by atoms with Crippen molar-refractivity contribution in [1.29, 1.82) is 5.26 Å². The fourth-order valence-corrected chi connectivity index (χ4v) is 4.16. The highest BCUT2D eigenvalue weighted by atomic mass is 32.2. The van der Waals surface area contributed by atoms with E-state index < -0.39 is 0 Å². The molecule has 0 radical (unpaired) electrons. The van der Waals surface area contributed by atoms with E-state index in [1.165, 1.54) is 37.3 Å². The lowest BCUT2D eigenvalue weighted by molar-refractivity contribution is -0.137. The van der Waals surface area contributed by atoms with Crippen LogP contribution in [0.15, 0.2) is 5.03 Å². The van der Waals surface area contributed by atoms with Crippen LogP contribution < -0.4 is 4.90 Å². The van der Waals surface area contributed by atoms with Gasteiger partial charge in [-0.3, -0.25) is 4.79 Å². The molecule has 2 aliphatic rings. The molecule has 0 aliphatic carbocycles. The third-order valence-corrected chi connectivity index (χ3v) is 5.55. The van der Waals surface area contributed by atoms with Crippen LogP contribution in [0.4, 0.5) is 5.82 Å². The molecule has 1 fully saturated rings. The van der Waals surface area contributed by atoms with Gasteiger partial charge < -0.3 is 14.5 Å². The van der Waals surface area contributed by atoms with E-state index in [1.54, 1.807) is 0 Å². The molecule has 0 saturated carbocycles. The summed E-state index contributed by atoms with van der Waals surface area (Å²) in [6.07, 6.45) is 3.21. The number of nitrogens with zero attached hydrogens (tertiary/aromatic N) is 4. The zero-order valence-corrected chi connectivity index (χ0v) is 15.0. The SMILES string of the molecule is COC(=O)CSc1nc(N2CCCC2)c2c(c1C#N)CCN(C)C2. The molecule has 0 bridgehead atoms. The van der Waals surface area contributed by atoms with E-state index in [-0.39, 0.29) is 11.7 Å². The van der Waals surface area contributed by atoms with E-state index in [0.717, 1.165) is 44.0 Å². The molecule has 1 aromatic heterocycles. The Hall–Kier alpha value is -1.78. The van der Waals surface area contributed by atoms with Crippen LogP contribution in [0.3, 0.4) is 0 Å². The van der Waals surface area contributed by atoms with Gasteiger partial charge in [0.1, 0.15) is 16.9 Å². The monoisotopic (exact) mass is 346 g/mol. The van der Waals surface area contributed by atoms with E-state index in [4.69, 9.17) is 9.72 Å². The molecule has 6 nitrogen and oxygen atoms in total. The molecule has 0 spiro atoms. The Balaban J connectivity index is 2.03. The quantitative estimate of drug-likeness (QED) is 0.608. The molecule has 0 aromatic carbocycles. The molecule has 0 atom stereocenters. The predicted octanol–water partition coefficient (Wildman–Crippen LogP) is 1.81. The highest BCUT2D eigenvalue weighted by Gasteiger charge is 2.28. The zero-order valence-electron chi connectivity index (χ0n) is 14.2. The third kappa shape index (κ3) is 3.35. The van der Waals surface area contributed by atoms with Gasteiger partial charge in [0.2, 0.25) is 0 Å². The van der Waals surface area contributed by atoms with Crippen molar-refractivity contribution in [2.75, 3.05) is 44.4 Å². The summed E-state index contributed by atoms with van der Waals surface area (Å²) < 4.78 is 4.71. The van der Waals surface area contributed by atoms with Crippen molar-refractivity contribution >= 4 is 23.5 Å². The summed E-state index contributed by atoms with van der Waals surface area (Å²) in [7, 11) is 3.47. The van der Waals surface area contributed by atoms with Crippen LogP contribution in [0.5, 0.6) is 0 Å². The number of thioether (sulfide) groups is 1. The number of anilines is 1. The Bertz CT molecular complexity index is 680. The number of methoxy groups -OCH3 is 1. The highest BCUT2D eigenvalue weighted by Crippen LogP contribution is 2.36. The fourth-order valence-electron chi connectivity index (χ4n) is 3.32. The summed E-state index contributed by atoms with van der Waals surface area (Å²) in [6.45, 7) is 3.78. The Kier molecular flexibility index (Phi) is 5.27. The van der Waals surface area contributed by atoms with Crippen molar-refractivity contribution in [2.24, 2.45) is 0 Å². The second-order valence-electron chi connectivity index (χ2n) is 6.23. The second-order valence-corrected chi connectivity index (χ2v) is 7.20. The first-order valence-electron chi connectivity index (χ1n) is 8.23. The molecular formula is C17H22N4O2S. The number of aromatic nitrogens is 1. The van der Waals surface area contributed by atoms with E-state index in [9.17, 15) is 10.1 Å². The number of nitriles is 1. The van der Waals surface area contributed by atoms with Gasteiger partial charge in [0.25, 0.3) is 0 Å². The van der Waals surface area contributed by atoms with Crippen molar-refractivity contribution in [3.05, 3.63) is 16.7 Å². The number of hydrogen-bond acceptors (Lipinski definition) is 7. The first-order valence-corrected chi connectivity index (χ1v) is 9.21. The lowest BCUT2D eigenvalue weighted by Crippen LogP contribution is -2.31. The number of hydrogen-bond donors (Lipinski definition) is 0. The molecule has 2 aliphatic heterocycles. The van der Waals surface area contributed by atoms with Crippen LogP contribution in [0.1, 0.15) is 29.5 Å². The molecule has 3 rings (SSSR count). The van der Waals surface area contributed by atoms with Crippen LogP contribution in [0, 0.1) is 11.3 Å². The number of carbonyl (C=O) groups is 1. The van der Waals surface area contributed by atoms with Crippen molar-refractivity contribution in [1.82, 2.24) is 9.88 Å². The van der Waals surface area contributed by atoms with Crippen molar-refractivity contribution in [2.45, 2.75) is 30.8 Å². The van der Waals surface area contributed by atoms with Gasteiger partial charge in [-0.15, -0.1) is 0 Å². The average molecular weight is 346 g/mol. The van der Waals surface area contributed by atoms with Gasteiger partial charge in [-0.2, -0.15) is 5.26 Å². The summed E-state index contributed by atoms with van der Waals surface area (Å²) in [6, 6.07) is 2.33. The van der Waals surface area contributed by atoms with Crippen LogP contribution in [-0.2, 0) is 22.5 Å². The van der Waals surface area contributed by atoms with Crippen molar-refractivity contribution < 1.29 is 9.53 Å². The van der Waals surface area contributed by atoms with Gasteiger partial charge in [-0.25, -0.2) is 4.98 Å². The maximum Gasteiger partial charge on any atom is 0.316 e. The summed E-state index contributed by atoms with van der Waals surface area (Å²) in [5.74, 6) is 0.877. The van der Waals surface area contributed by atoms with Crippen LogP contribution in [0.2, 0.25) is 0 Å². The summed E-state index contributed by atoms with van der Waals surface area (Å²) in [4.78, 5) is 20.9. The number of likely N-dealkylation sites (N-methyl/N-ethyl adjacent to an activating group) is 1. The molecule has 7 heteroatoms. The maximum absolute atomic E-state index is 11.5. The van der Waals surface area contributed by atoms with Gasteiger partial charge in [0, 0.05) is 31.7 Å². The Morgan fingerprint density at radius 3 is 2.75 bits per heavy atom. The molecular weight excluding hydrogens is 324 g/mol. The summed E-state index contributed by atoms with van der Waals surface area (Å²) in [5, 5.41) is 10.3. The minimum atomic E-state index is -0.300. The molecule has 3 heterocycles. The van der Waals surface area contributed by atoms with E-state index in [1.807, 2.05) is 0 Å². The standard InChI is InChI=1S/C17H22N4O2S/c1-20-8-5-12-13(9-18)17(24-11-15(22)23-2)19-16(14(12)10-20)21-6-3-4-7-21/h3-8,10-11H2,1-2H3. The largest absolute Gasteiger partial charge is 0.468 e. The second kappa shape index (κ2) is 7.41. The van der Waals surface area contributed by atoms with Gasteiger partial charge in [-0.1, -0.05) is 11.8 Å². The smallest absolute Gasteiger partial charge is 0.316 e. The number of rotatable bonds is 4. The van der Waals surface area contributed by atoms with Crippen LogP contribution >= 0.6 is 11.8 Å². The number of ether oxygens (including phenoxy) is 1. The van der Waals surface area contributed by atoms with E-state index in [2.05, 4.69) is 22.9 Å². The number of fused-ring (bicyclic) bond motifs is 1. The Labute approximate surface area is 146 Å². The lowest BCUT2D eigenvalue weighted by Gasteiger charge is -2.31. The summed E-state index contributed by atoms with van der Waals surface area (Å²) >= 11 is 1.30. The summed E-state index contributed by atoms with van der Waals surface area (Å²) in [5.41, 5.74) is 2.93. The maximum atomic E-state index is 11.5. The van der Waals surface area contributed by atoms with Gasteiger partial charge in [0.15, 0.2) is 0 Å². The first-order chi connectivity index (χ1) is 11.6.